The molecule has 564 valence electrons. The first-order valence-corrected chi connectivity index (χ1v) is 32.7. The van der Waals surface area contributed by atoms with Crippen LogP contribution in [0.4, 0.5) is 34.9 Å². The van der Waals surface area contributed by atoms with E-state index in [-0.39, 0.29) is 105 Å². The maximum Gasteiger partial charge on any atom is 0.337 e. The van der Waals surface area contributed by atoms with Gasteiger partial charge in [0.25, 0.3) is 56.0 Å². The van der Waals surface area contributed by atoms with Gasteiger partial charge < -0.3 is 50.2 Å². The number of aromatic carboxylic acids is 2. The fourth-order valence-electron chi connectivity index (χ4n) is 9.37. The van der Waals surface area contributed by atoms with Crippen molar-refractivity contribution in [2.45, 2.75) is 19.3 Å². The van der Waals surface area contributed by atoms with Crippen LogP contribution in [-0.2, 0) is 47.9 Å². The number of carboxylic acids is 3. The minimum absolute atomic E-state index is 0.0104. The zero-order chi connectivity index (χ0) is 82.0. The van der Waals surface area contributed by atoms with E-state index in [1.54, 1.807) is 133 Å². The second-order valence-electron chi connectivity index (χ2n) is 22.2. The van der Waals surface area contributed by atoms with E-state index in [0.717, 1.165) is 0 Å². The highest BCUT2D eigenvalue weighted by Crippen LogP contribution is 2.29. The SMILES string of the molecule is COC(=O)Cc1cccc(C(=O)Cl)c1.COC(=O)Cc1cccc(C(=O)O)c1.COC(=O)c1cccc(C(=O)Cl)c1.[C-]#[N+]c1c(-c2ccccc2)nc(N)[nH]c1=O.[C-]#[N+]c1c(-c2ccccc2)nc(NC(=O)c2cccc(C(=O)O)c2)[nH]c1=O.[C-]#[N+]c1c(-c2ccccc2)nc(NC(=O)c2cccc(CC(=O)O)c2)[nH]c1=O. The number of aromatic amines is 3. The number of benzene rings is 8. The molecule has 0 saturated carbocycles. The molecule has 3 heterocycles. The number of carbonyl (C=O) groups is 10. The molecule has 0 aliphatic carbocycles. The maximum absolute atomic E-state index is 12.5. The fraction of sp³-hybridized carbons (Fsp3) is 0.0759. The molecule has 11 aromatic rings. The number of hydrogen-bond acceptors (Lipinski definition) is 20. The van der Waals surface area contributed by atoms with Crippen molar-refractivity contribution in [3.05, 3.63) is 333 Å². The lowest BCUT2D eigenvalue weighted by Gasteiger charge is -2.09. The molecular formula is C79H60Cl2N12O19. The van der Waals surface area contributed by atoms with E-state index >= 15 is 0 Å². The summed E-state index contributed by atoms with van der Waals surface area (Å²) in [6, 6.07) is 56.8. The van der Waals surface area contributed by atoms with Gasteiger partial charge >= 0.3 is 35.8 Å². The van der Waals surface area contributed by atoms with Crippen molar-refractivity contribution in [3.63, 3.8) is 0 Å². The molecule has 10 N–H and O–H groups in total. The number of aliphatic carboxylic acids is 1. The number of carboxylic acid groups (broad SMARTS) is 3. The van der Waals surface area contributed by atoms with Crippen LogP contribution in [0.25, 0.3) is 48.3 Å². The van der Waals surface area contributed by atoms with Gasteiger partial charge in [0.2, 0.25) is 11.9 Å². The molecule has 0 aliphatic heterocycles. The maximum atomic E-state index is 12.5. The number of esters is 3. The van der Waals surface area contributed by atoms with Gasteiger partial charge in [-0.1, -0.05) is 152 Å². The standard InChI is InChI=1S/C20H14N4O4.C19H12N4O4.C11H8N4O.C10H9ClO3.C10H10O4.C9H7ClO3/c1-21-17-16(13-7-3-2-4-8-13)22-20(24-19(17)28)23-18(27)14-9-5-6-12(10-14)11-15(25)26;1-20-15-14(11-6-3-2-4-7-11)21-19(23-17(15)25)22-16(24)12-8-5-9-13(10-12)18(26)27;1-13-9-8(7-5-3-2-4-6-7)14-11(12)15-10(9)16;1-14-9(12)6-7-3-2-4-8(5-7)10(11)13;1-14-9(11)6-7-3-2-4-8(5-7)10(12)13;1-13-9(12)7-4-2-3-6(5-7)8(10)11/h2-10H,11H2,(H,25,26)(H2,22,23,24,27,28);2-10H,(H,26,27)(H2,21,22,23,24,25);2-6H,(H3,12,14,15,16);2-5H,6H2,1H3;2-5H,6H2,1H3,(H,12,13);2-5H,1H3. The van der Waals surface area contributed by atoms with Gasteiger partial charge in [0.15, 0.2) is 5.95 Å². The van der Waals surface area contributed by atoms with Crippen molar-refractivity contribution in [1.82, 2.24) is 29.9 Å². The molecule has 0 unspecified atom stereocenters. The number of nitrogens with two attached hydrogens (primary N) is 1. The normalized spacial score (nSPS) is 9.80. The summed E-state index contributed by atoms with van der Waals surface area (Å²) in [5.41, 5.74) is 8.86. The van der Waals surface area contributed by atoms with Crippen LogP contribution in [0.1, 0.15) is 89.2 Å². The number of ether oxygens (including phenoxy) is 3. The molecule has 0 spiro atoms. The third kappa shape index (κ3) is 25.8. The van der Waals surface area contributed by atoms with Crippen LogP contribution in [0.15, 0.2) is 227 Å². The number of rotatable bonds is 18. The average Bonchev–Trinajstić information content (AvgIpc) is 0.823. The quantitative estimate of drug-likeness (QED) is 0.0167. The van der Waals surface area contributed by atoms with Crippen LogP contribution in [-0.4, -0.2) is 125 Å². The molecule has 11 rings (SSSR count). The molecule has 0 radical (unpaired) electrons. The van der Waals surface area contributed by atoms with Crippen LogP contribution < -0.4 is 33.0 Å². The smallest absolute Gasteiger partial charge is 0.337 e. The first-order chi connectivity index (χ1) is 53.6. The summed E-state index contributed by atoms with van der Waals surface area (Å²) in [4.78, 5) is 177. The van der Waals surface area contributed by atoms with Gasteiger partial charge in [-0.25, -0.2) is 43.9 Å². The summed E-state index contributed by atoms with van der Waals surface area (Å²) in [5.74, 6) is -5.83. The highest BCUT2D eigenvalue weighted by Gasteiger charge is 2.20. The molecule has 8 aromatic carbocycles. The Kier molecular flexibility index (Phi) is 32.3. The molecule has 3 aromatic heterocycles. The van der Waals surface area contributed by atoms with Crippen LogP contribution in [0.2, 0.25) is 0 Å². The molecule has 0 saturated heterocycles. The van der Waals surface area contributed by atoms with E-state index in [2.05, 4.69) is 69.3 Å². The number of aromatic nitrogens is 6. The van der Waals surface area contributed by atoms with Crippen molar-refractivity contribution >= 4 is 116 Å². The van der Waals surface area contributed by atoms with E-state index < -0.39 is 62.9 Å². The van der Waals surface area contributed by atoms with Gasteiger partial charge in [-0.3, -0.25) is 58.6 Å². The number of methoxy groups -OCH3 is 3. The first kappa shape index (κ1) is 85.3. The molecule has 31 nitrogen and oxygen atoms in total. The second-order valence-corrected chi connectivity index (χ2v) is 22.9. The van der Waals surface area contributed by atoms with Crippen LogP contribution >= 0.6 is 23.2 Å². The van der Waals surface area contributed by atoms with Gasteiger partial charge in [-0.05, 0) is 117 Å². The predicted octanol–water partition coefficient (Wildman–Crippen LogP) is 12.1. The third-order valence-electron chi connectivity index (χ3n) is 14.6. The van der Waals surface area contributed by atoms with Gasteiger partial charge in [-0.15, -0.1) is 0 Å². The van der Waals surface area contributed by atoms with Gasteiger partial charge in [0.1, 0.15) is 0 Å². The van der Waals surface area contributed by atoms with E-state index in [0.29, 0.717) is 50.2 Å². The number of nitrogens with one attached hydrogen (secondary N) is 5. The summed E-state index contributed by atoms with van der Waals surface area (Å²) in [7, 11) is 3.89. The topological polar surface area (TPSA) is 459 Å². The largest absolute Gasteiger partial charge is 0.481 e. The van der Waals surface area contributed by atoms with Crippen LogP contribution in [0, 0.1) is 19.7 Å². The molecule has 0 fully saturated rings. The number of halogens is 2. The minimum Gasteiger partial charge on any atom is -0.481 e. The Morgan fingerprint density at radius 3 is 1.09 bits per heavy atom. The van der Waals surface area contributed by atoms with E-state index in [1.807, 2.05) is 18.2 Å². The number of nitrogens with zero attached hydrogens (tertiary/aromatic N) is 6. The monoisotopic (exact) mass is 1550 g/mol. The molecule has 0 bridgehead atoms. The minimum atomic E-state index is -1.16. The van der Waals surface area contributed by atoms with Crippen molar-refractivity contribution in [2.24, 2.45) is 0 Å². The number of H-pyrrole nitrogens is 3. The van der Waals surface area contributed by atoms with Gasteiger partial charge in [0.05, 0.1) is 94.1 Å². The van der Waals surface area contributed by atoms with E-state index in [1.165, 1.54) is 82.0 Å². The number of carbonyl (C=O) groups excluding carboxylic acids is 7. The lowest BCUT2D eigenvalue weighted by Crippen LogP contribution is -2.19. The second kappa shape index (κ2) is 42.5. The number of nitrogen functional groups attached to an aromatic ring is 1. The highest BCUT2D eigenvalue weighted by molar-refractivity contribution is 6.68. The lowest BCUT2D eigenvalue weighted by atomic mass is 10.1. The summed E-state index contributed by atoms with van der Waals surface area (Å²) in [6.07, 6.45) is 0.0280. The van der Waals surface area contributed by atoms with Crippen molar-refractivity contribution in [3.8, 4) is 33.8 Å². The molecular weight excluding hydrogens is 1490 g/mol. The van der Waals surface area contributed by atoms with Crippen LogP contribution in [0.5, 0.6) is 0 Å². The van der Waals surface area contributed by atoms with Crippen molar-refractivity contribution in [2.75, 3.05) is 37.7 Å². The molecule has 112 heavy (non-hydrogen) atoms. The zero-order valence-electron chi connectivity index (χ0n) is 58.7. The Labute approximate surface area is 644 Å². The van der Waals surface area contributed by atoms with Crippen molar-refractivity contribution in [1.29, 1.82) is 0 Å². The fourth-order valence-corrected chi connectivity index (χ4v) is 9.61. The Bertz CT molecular complexity index is 5590. The zero-order valence-corrected chi connectivity index (χ0v) is 60.2. The summed E-state index contributed by atoms with van der Waals surface area (Å²) in [6.45, 7) is 21.4. The Balaban J connectivity index is 0.000000216. The molecule has 0 aliphatic rings. The number of anilines is 3. The Morgan fingerprint density at radius 1 is 0.402 bits per heavy atom. The average molecular weight is 1550 g/mol. The molecule has 0 atom stereocenters. The summed E-state index contributed by atoms with van der Waals surface area (Å²) >= 11 is 10.5. The third-order valence-corrected chi connectivity index (χ3v) is 15.0. The highest BCUT2D eigenvalue weighted by atomic mass is 35.5. The van der Waals surface area contributed by atoms with Gasteiger partial charge in [-0.2, -0.15) is 0 Å². The van der Waals surface area contributed by atoms with Gasteiger partial charge in [0, 0.05) is 22.3 Å². The number of hydrogen-bond donors (Lipinski definition) is 9. The molecule has 2 amide bonds. The van der Waals surface area contributed by atoms with E-state index in [9.17, 15) is 62.3 Å². The predicted molar refractivity (Wildman–Crippen MR) is 411 cm³/mol. The van der Waals surface area contributed by atoms with Crippen molar-refractivity contribution < 1.29 is 77.5 Å². The summed E-state index contributed by atoms with van der Waals surface area (Å²) < 4.78 is 13.4. The summed E-state index contributed by atoms with van der Waals surface area (Å²) in [5, 5.41) is 30.4. The first-order valence-electron chi connectivity index (χ1n) is 32.0. The lowest BCUT2D eigenvalue weighted by molar-refractivity contribution is -0.140. The Morgan fingerprint density at radius 2 is 0.714 bits per heavy atom. The van der Waals surface area contributed by atoms with E-state index in [4.69, 9.17) is 64.0 Å². The Hall–Kier alpha value is -15.7. The number of amides is 2. The van der Waals surface area contributed by atoms with Crippen LogP contribution in [0.3, 0.4) is 0 Å². The molecule has 33 heteroatoms.